The number of nitrogens with zero attached hydrogens (tertiary/aromatic N) is 2. The summed E-state index contributed by atoms with van der Waals surface area (Å²) in [4.78, 5) is 12.2. The molecule has 3 rings (SSSR count). The molecule has 0 saturated heterocycles. The summed E-state index contributed by atoms with van der Waals surface area (Å²) in [6.45, 7) is 6.48. The second-order valence-electron chi connectivity index (χ2n) is 7.24. The van der Waals surface area contributed by atoms with Crippen molar-refractivity contribution < 1.29 is 9.53 Å². The van der Waals surface area contributed by atoms with Crippen molar-refractivity contribution in [3.63, 3.8) is 0 Å². The van der Waals surface area contributed by atoms with Gasteiger partial charge >= 0.3 is 0 Å². The minimum atomic E-state index is -0.0970. The van der Waals surface area contributed by atoms with Gasteiger partial charge in [0.2, 0.25) is 0 Å². The number of carbonyl (C=O) groups excluding carboxylic acids is 1. The van der Waals surface area contributed by atoms with Crippen molar-refractivity contribution in [2.75, 3.05) is 6.61 Å². The molecule has 0 bridgehead atoms. The van der Waals surface area contributed by atoms with Crippen LogP contribution in [0.1, 0.15) is 50.9 Å². The van der Waals surface area contributed by atoms with Gasteiger partial charge in [-0.1, -0.05) is 18.2 Å². The summed E-state index contributed by atoms with van der Waals surface area (Å²) in [5.74, 6) is 0.609. The number of carbonyl (C=O) groups is 1. The van der Waals surface area contributed by atoms with E-state index in [1.54, 1.807) is 0 Å². The quantitative estimate of drug-likeness (QED) is 0.938. The number of amides is 1. The van der Waals surface area contributed by atoms with Gasteiger partial charge in [0.25, 0.3) is 5.91 Å². The summed E-state index contributed by atoms with van der Waals surface area (Å²) >= 11 is 0. The van der Waals surface area contributed by atoms with Gasteiger partial charge in [-0.2, -0.15) is 5.10 Å². The van der Waals surface area contributed by atoms with Crippen LogP contribution in [0.15, 0.2) is 36.5 Å². The molecule has 1 aromatic carbocycles. The molecule has 5 heteroatoms. The zero-order valence-electron chi connectivity index (χ0n) is 14.6. The molecule has 1 aromatic heterocycles. The molecule has 0 aliphatic heterocycles. The number of aromatic nitrogens is 2. The van der Waals surface area contributed by atoms with E-state index in [1.807, 2.05) is 36.5 Å². The number of hydrogen-bond acceptors (Lipinski definition) is 3. The SMILES string of the molecule is CC(C)(C)n1ncc2c1CCC[C@H]2NC(=O)COc1ccccc1. The highest BCUT2D eigenvalue weighted by Gasteiger charge is 2.28. The maximum atomic E-state index is 12.2. The first-order chi connectivity index (χ1) is 11.4. The number of benzene rings is 1. The monoisotopic (exact) mass is 327 g/mol. The van der Waals surface area contributed by atoms with Gasteiger partial charge in [-0.15, -0.1) is 0 Å². The number of fused-ring (bicyclic) bond motifs is 1. The minimum absolute atomic E-state index is 0.0247. The van der Waals surface area contributed by atoms with Gasteiger partial charge in [-0.05, 0) is 52.2 Å². The molecule has 5 nitrogen and oxygen atoms in total. The van der Waals surface area contributed by atoms with E-state index in [4.69, 9.17) is 4.74 Å². The molecular weight excluding hydrogens is 302 g/mol. The van der Waals surface area contributed by atoms with E-state index in [0.29, 0.717) is 5.75 Å². The van der Waals surface area contributed by atoms with Gasteiger partial charge in [-0.25, -0.2) is 0 Å². The van der Waals surface area contributed by atoms with E-state index < -0.39 is 0 Å². The molecule has 1 atom stereocenters. The van der Waals surface area contributed by atoms with E-state index in [1.165, 1.54) is 5.69 Å². The highest BCUT2D eigenvalue weighted by molar-refractivity contribution is 5.78. The normalized spacial score (nSPS) is 17.2. The molecule has 1 heterocycles. The van der Waals surface area contributed by atoms with E-state index in [-0.39, 0.29) is 24.1 Å². The first-order valence-electron chi connectivity index (χ1n) is 8.49. The average molecular weight is 327 g/mol. The Balaban J connectivity index is 1.65. The maximum absolute atomic E-state index is 12.2. The summed E-state index contributed by atoms with van der Waals surface area (Å²) in [7, 11) is 0. The van der Waals surface area contributed by atoms with Gasteiger partial charge < -0.3 is 10.1 Å². The van der Waals surface area contributed by atoms with Gasteiger partial charge in [0.05, 0.1) is 17.8 Å². The highest BCUT2D eigenvalue weighted by atomic mass is 16.5. The molecule has 2 aromatic rings. The zero-order valence-corrected chi connectivity index (χ0v) is 14.6. The number of ether oxygens (including phenoxy) is 1. The van der Waals surface area contributed by atoms with Crippen LogP contribution in [0.3, 0.4) is 0 Å². The van der Waals surface area contributed by atoms with Gasteiger partial charge in [0, 0.05) is 11.3 Å². The van der Waals surface area contributed by atoms with Crippen molar-refractivity contribution in [1.29, 1.82) is 0 Å². The van der Waals surface area contributed by atoms with Crippen LogP contribution in [-0.2, 0) is 16.8 Å². The van der Waals surface area contributed by atoms with Crippen LogP contribution in [0, 0.1) is 0 Å². The Kier molecular flexibility index (Phi) is 4.60. The van der Waals surface area contributed by atoms with Crippen molar-refractivity contribution >= 4 is 5.91 Å². The molecule has 128 valence electrons. The maximum Gasteiger partial charge on any atom is 0.258 e. The number of hydrogen-bond donors (Lipinski definition) is 1. The van der Waals surface area contributed by atoms with Gasteiger partial charge in [0.15, 0.2) is 6.61 Å². The first kappa shape index (κ1) is 16.6. The lowest BCUT2D eigenvalue weighted by molar-refractivity contribution is -0.123. The van der Waals surface area contributed by atoms with E-state index in [0.717, 1.165) is 24.8 Å². The molecule has 0 unspecified atom stereocenters. The molecule has 0 spiro atoms. The molecule has 0 radical (unpaired) electrons. The molecule has 1 aliphatic carbocycles. The third-order valence-corrected chi connectivity index (χ3v) is 4.27. The minimum Gasteiger partial charge on any atom is -0.484 e. The van der Waals surface area contributed by atoms with Gasteiger partial charge in [-0.3, -0.25) is 9.48 Å². The van der Waals surface area contributed by atoms with Crippen LogP contribution in [0.5, 0.6) is 5.75 Å². The lowest BCUT2D eigenvalue weighted by Crippen LogP contribution is -2.35. The number of para-hydroxylation sites is 1. The average Bonchev–Trinajstić information content (AvgIpc) is 2.99. The Bertz CT molecular complexity index is 701. The van der Waals surface area contributed by atoms with E-state index >= 15 is 0 Å². The molecule has 1 amide bonds. The first-order valence-corrected chi connectivity index (χ1v) is 8.49. The Morgan fingerprint density at radius 2 is 2.08 bits per heavy atom. The second-order valence-corrected chi connectivity index (χ2v) is 7.24. The van der Waals surface area contributed by atoms with Crippen LogP contribution < -0.4 is 10.1 Å². The van der Waals surface area contributed by atoms with Crippen molar-refractivity contribution in [3.8, 4) is 5.75 Å². The molecule has 24 heavy (non-hydrogen) atoms. The second kappa shape index (κ2) is 6.67. The summed E-state index contributed by atoms with van der Waals surface area (Å²) in [5, 5.41) is 7.65. The summed E-state index contributed by atoms with van der Waals surface area (Å²) < 4.78 is 7.61. The molecule has 0 fully saturated rings. The summed E-state index contributed by atoms with van der Waals surface area (Å²) in [6.07, 6.45) is 4.92. The molecule has 1 N–H and O–H groups in total. The predicted molar refractivity (Wildman–Crippen MR) is 93.0 cm³/mol. The van der Waals surface area contributed by atoms with Crippen molar-refractivity contribution in [1.82, 2.24) is 15.1 Å². The lowest BCUT2D eigenvalue weighted by Gasteiger charge is -2.28. The standard InChI is InChI=1S/C19H25N3O2/c1-19(2,3)22-17-11-7-10-16(15(17)12-20-22)21-18(23)13-24-14-8-5-4-6-9-14/h4-6,8-9,12,16H,7,10-11,13H2,1-3H3,(H,21,23)/t16-/m1/s1. The van der Waals surface area contributed by atoms with Crippen LogP contribution in [0.25, 0.3) is 0 Å². The third kappa shape index (κ3) is 3.61. The largest absolute Gasteiger partial charge is 0.484 e. The fourth-order valence-corrected chi connectivity index (χ4v) is 3.19. The van der Waals surface area contributed by atoms with E-state index in [9.17, 15) is 4.79 Å². The Morgan fingerprint density at radius 3 is 2.79 bits per heavy atom. The van der Waals surface area contributed by atoms with Crippen molar-refractivity contribution in [2.45, 2.75) is 51.6 Å². The van der Waals surface area contributed by atoms with E-state index in [2.05, 4.69) is 35.9 Å². The van der Waals surface area contributed by atoms with Crippen LogP contribution >= 0.6 is 0 Å². The fourth-order valence-electron chi connectivity index (χ4n) is 3.19. The highest BCUT2D eigenvalue weighted by Crippen LogP contribution is 2.32. The number of rotatable bonds is 4. The number of nitrogens with one attached hydrogen (secondary N) is 1. The van der Waals surface area contributed by atoms with Crippen molar-refractivity contribution in [2.24, 2.45) is 0 Å². The zero-order chi connectivity index (χ0) is 17.2. The van der Waals surface area contributed by atoms with Crippen LogP contribution in [-0.4, -0.2) is 22.3 Å². The Labute approximate surface area is 143 Å². The topological polar surface area (TPSA) is 56.2 Å². The predicted octanol–water partition coefficient (Wildman–Crippen LogP) is 3.21. The molecule has 1 aliphatic rings. The van der Waals surface area contributed by atoms with Crippen LogP contribution in [0.2, 0.25) is 0 Å². The van der Waals surface area contributed by atoms with Crippen molar-refractivity contribution in [3.05, 3.63) is 47.8 Å². The Morgan fingerprint density at radius 1 is 1.33 bits per heavy atom. The molecule has 0 saturated carbocycles. The van der Waals surface area contributed by atoms with Gasteiger partial charge in [0.1, 0.15) is 5.75 Å². The molecular formula is C19H25N3O2. The smallest absolute Gasteiger partial charge is 0.258 e. The van der Waals surface area contributed by atoms with Crippen LogP contribution in [0.4, 0.5) is 0 Å². The summed E-state index contributed by atoms with van der Waals surface area (Å²) in [5.41, 5.74) is 2.34. The fraction of sp³-hybridized carbons (Fsp3) is 0.474. The lowest BCUT2D eigenvalue weighted by atomic mass is 9.92. The Hall–Kier alpha value is -2.30. The summed E-state index contributed by atoms with van der Waals surface area (Å²) in [6, 6.07) is 9.42. The third-order valence-electron chi connectivity index (χ3n) is 4.27.